The van der Waals surface area contributed by atoms with Crippen molar-refractivity contribution in [3.63, 3.8) is 0 Å². The third-order valence-electron chi connectivity index (χ3n) is 4.35. The summed E-state index contributed by atoms with van der Waals surface area (Å²) >= 11 is 1.77. The molecule has 104 valence electrons. The molecule has 0 aromatic carbocycles. The van der Waals surface area contributed by atoms with Gasteiger partial charge in [-0.1, -0.05) is 13.8 Å². The number of hydrogen-bond donors (Lipinski definition) is 1. The van der Waals surface area contributed by atoms with Gasteiger partial charge >= 0.3 is 5.69 Å². The Kier molecular flexibility index (Phi) is 2.48. The smallest absolute Gasteiger partial charge is 0.330 e. The fraction of sp³-hybridized carbons (Fsp3) is 0.692. The lowest BCUT2D eigenvalue weighted by Crippen LogP contribution is -2.41. The quantitative estimate of drug-likeness (QED) is 0.843. The lowest BCUT2D eigenvalue weighted by molar-refractivity contribution is -0.0747. The van der Waals surface area contributed by atoms with Crippen LogP contribution in [0.1, 0.15) is 33.9 Å². The zero-order valence-electron chi connectivity index (χ0n) is 12.2. The van der Waals surface area contributed by atoms with Crippen molar-refractivity contribution in [1.29, 1.82) is 0 Å². The van der Waals surface area contributed by atoms with Gasteiger partial charge in [-0.05, 0) is 13.8 Å². The summed E-state index contributed by atoms with van der Waals surface area (Å²) < 4.78 is 15.4. The molecule has 0 spiro atoms. The van der Waals surface area contributed by atoms with Crippen LogP contribution in [0.2, 0.25) is 0 Å². The highest BCUT2D eigenvalue weighted by Crippen LogP contribution is 2.58. The average molecular weight is 283 g/mol. The van der Waals surface area contributed by atoms with Crippen LogP contribution in [0.5, 0.6) is 0 Å². The zero-order valence-corrected chi connectivity index (χ0v) is 12.0. The zero-order chi connectivity index (χ0) is 14.7. The number of hydrogen-bond acceptors (Lipinski definition) is 4. The number of aromatic amines is 1. The molecule has 6 heteroatoms. The standard InChI is InChI=1S/C13H18N2O3S/c1-6-5-15(12(17)14-10(6)16)11-9-7(2)13(4,18-11)8(3)19-9/h5,7-9,11H,1-4H3,(H,14,16,17)/t7-,8+,9+,11+,13+/m0/s1/i4D. The first-order valence-electron chi connectivity index (χ1n) is 7.06. The highest BCUT2D eigenvalue weighted by atomic mass is 32.2. The number of H-pyrrole nitrogens is 1. The first-order chi connectivity index (χ1) is 9.40. The molecule has 2 saturated heterocycles. The van der Waals surface area contributed by atoms with Gasteiger partial charge in [0.15, 0.2) is 6.23 Å². The van der Waals surface area contributed by atoms with Gasteiger partial charge in [0.05, 0.1) is 10.9 Å². The van der Waals surface area contributed by atoms with Gasteiger partial charge in [-0.15, -0.1) is 11.8 Å². The molecule has 1 N–H and O–H groups in total. The monoisotopic (exact) mass is 283 g/mol. The van der Waals surface area contributed by atoms with E-state index >= 15 is 0 Å². The molecular formula is C13H18N2O3S. The van der Waals surface area contributed by atoms with Crippen molar-refractivity contribution >= 4 is 11.8 Å². The molecule has 0 unspecified atom stereocenters. The molecule has 3 rings (SSSR count). The number of aromatic nitrogens is 2. The van der Waals surface area contributed by atoms with E-state index in [-0.39, 0.29) is 28.9 Å². The topological polar surface area (TPSA) is 64.1 Å². The van der Waals surface area contributed by atoms with E-state index in [1.165, 1.54) is 4.57 Å². The van der Waals surface area contributed by atoms with Gasteiger partial charge in [0.2, 0.25) is 0 Å². The van der Waals surface area contributed by atoms with Crippen molar-refractivity contribution < 1.29 is 6.11 Å². The third-order valence-corrected chi connectivity index (χ3v) is 6.12. The molecule has 5 atom stereocenters. The van der Waals surface area contributed by atoms with Crippen molar-refractivity contribution in [2.75, 3.05) is 0 Å². The Morgan fingerprint density at radius 3 is 2.89 bits per heavy atom. The predicted molar refractivity (Wildman–Crippen MR) is 74.6 cm³/mol. The van der Waals surface area contributed by atoms with E-state index in [1.54, 1.807) is 24.9 Å². The van der Waals surface area contributed by atoms with E-state index in [2.05, 4.69) is 18.8 Å². The lowest BCUT2D eigenvalue weighted by Gasteiger charge is -2.33. The van der Waals surface area contributed by atoms with Crippen molar-refractivity contribution in [2.24, 2.45) is 5.92 Å². The number of ether oxygens (including phenoxy) is 1. The molecule has 2 aliphatic rings. The third kappa shape index (κ3) is 1.66. The van der Waals surface area contributed by atoms with Crippen LogP contribution in [0.25, 0.3) is 0 Å². The first-order valence-corrected chi connectivity index (χ1v) is 7.29. The Bertz CT molecular complexity index is 658. The maximum absolute atomic E-state index is 12.0. The minimum Gasteiger partial charge on any atom is -0.349 e. The lowest BCUT2D eigenvalue weighted by atomic mass is 9.88. The summed E-state index contributed by atoms with van der Waals surface area (Å²) in [5.41, 5.74) is -0.817. The Labute approximate surface area is 116 Å². The molecule has 0 saturated carbocycles. The van der Waals surface area contributed by atoms with Gasteiger partial charge in [-0.2, -0.15) is 0 Å². The molecule has 0 radical (unpaired) electrons. The Hall–Kier alpha value is -1.01. The van der Waals surface area contributed by atoms with Crippen molar-refractivity contribution in [1.82, 2.24) is 9.55 Å². The number of fused-ring (bicyclic) bond motifs is 2. The second kappa shape index (κ2) is 3.99. The second-order valence-electron chi connectivity index (χ2n) is 5.47. The molecule has 19 heavy (non-hydrogen) atoms. The Balaban J connectivity index is 2.05. The molecule has 3 heterocycles. The van der Waals surface area contributed by atoms with Crippen LogP contribution in [-0.2, 0) is 4.74 Å². The average Bonchev–Trinajstić information content (AvgIpc) is 2.81. The van der Waals surface area contributed by atoms with Crippen LogP contribution in [0, 0.1) is 12.8 Å². The molecule has 2 fully saturated rings. The second-order valence-corrected chi connectivity index (χ2v) is 7.00. The van der Waals surface area contributed by atoms with E-state index in [1.807, 2.05) is 0 Å². The summed E-state index contributed by atoms with van der Waals surface area (Å²) in [6.45, 7) is 6.01. The van der Waals surface area contributed by atoms with Crippen LogP contribution in [0.4, 0.5) is 0 Å². The molecule has 2 aliphatic heterocycles. The minimum absolute atomic E-state index is 0.137. The van der Waals surface area contributed by atoms with Gasteiger partial charge in [0.1, 0.15) is 0 Å². The van der Waals surface area contributed by atoms with Crippen molar-refractivity contribution in [3.8, 4) is 0 Å². The summed E-state index contributed by atoms with van der Waals surface area (Å²) in [5, 5.41) is 0.383. The van der Waals surface area contributed by atoms with E-state index < -0.39 is 17.5 Å². The van der Waals surface area contributed by atoms with Gasteiger partial charge in [0.25, 0.3) is 5.56 Å². The Morgan fingerprint density at radius 1 is 1.53 bits per heavy atom. The molecule has 0 aliphatic carbocycles. The van der Waals surface area contributed by atoms with Crippen molar-refractivity contribution in [2.45, 2.75) is 50.0 Å². The summed E-state index contributed by atoms with van der Waals surface area (Å²) in [7, 11) is 0. The molecular weight excluding hydrogens is 264 g/mol. The summed E-state index contributed by atoms with van der Waals surface area (Å²) in [4.78, 5) is 25.8. The van der Waals surface area contributed by atoms with Crippen LogP contribution in [-0.4, -0.2) is 25.7 Å². The maximum atomic E-state index is 12.0. The SMILES string of the molecule is [2H]C[C@]12O[C@@H](n3cc(C)c(=O)[nH]c3=O)[C@H](S[C@@H]1C)[C@@H]2C. The van der Waals surface area contributed by atoms with Crippen LogP contribution >= 0.6 is 11.8 Å². The van der Waals surface area contributed by atoms with E-state index in [4.69, 9.17) is 6.11 Å². The van der Waals surface area contributed by atoms with Gasteiger partial charge < -0.3 is 4.74 Å². The number of nitrogens with zero attached hydrogens (tertiary/aromatic N) is 1. The van der Waals surface area contributed by atoms with Crippen molar-refractivity contribution in [3.05, 3.63) is 32.6 Å². The first kappa shape index (κ1) is 11.8. The summed E-state index contributed by atoms with van der Waals surface area (Å²) in [6.07, 6.45) is 1.15. The Morgan fingerprint density at radius 2 is 2.26 bits per heavy atom. The highest BCUT2D eigenvalue weighted by molar-refractivity contribution is 8.01. The molecule has 5 nitrogen and oxygen atoms in total. The molecule has 0 amide bonds. The maximum Gasteiger partial charge on any atom is 0.330 e. The summed E-state index contributed by atoms with van der Waals surface area (Å²) in [5.74, 6) is 0.212. The molecule has 2 bridgehead atoms. The van der Waals surface area contributed by atoms with E-state index in [0.717, 1.165) is 0 Å². The largest absolute Gasteiger partial charge is 0.349 e. The molecule has 1 aromatic rings. The van der Waals surface area contributed by atoms with E-state index in [0.29, 0.717) is 5.56 Å². The summed E-state index contributed by atoms with van der Waals surface area (Å²) in [6, 6.07) is 0. The fourth-order valence-corrected chi connectivity index (χ4v) is 4.68. The number of aryl methyl sites for hydroxylation is 1. The van der Waals surface area contributed by atoms with Crippen LogP contribution < -0.4 is 11.2 Å². The number of nitrogens with one attached hydrogen (secondary N) is 1. The van der Waals surface area contributed by atoms with Gasteiger partial charge in [-0.3, -0.25) is 14.3 Å². The highest BCUT2D eigenvalue weighted by Gasteiger charge is 2.60. The van der Waals surface area contributed by atoms with Gasteiger partial charge in [-0.25, -0.2) is 4.79 Å². The van der Waals surface area contributed by atoms with Crippen LogP contribution in [0.3, 0.4) is 0 Å². The normalized spacial score (nSPS) is 41.5. The van der Waals surface area contributed by atoms with Crippen LogP contribution in [0.15, 0.2) is 15.8 Å². The minimum atomic E-state index is -0.497. The number of thioether (sulfide) groups is 1. The van der Waals surface area contributed by atoms with Gasteiger partial charge in [0, 0.05) is 24.3 Å². The fourth-order valence-electron chi connectivity index (χ4n) is 2.92. The van der Waals surface area contributed by atoms with E-state index in [9.17, 15) is 9.59 Å². The molecule has 1 aromatic heterocycles. The number of rotatable bonds is 1. The predicted octanol–water partition coefficient (Wildman–Crippen LogP) is 1.27.